The first-order valence-electron chi connectivity index (χ1n) is 9.40. The Morgan fingerprint density at radius 2 is 1.84 bits per heavy atom. The minimum atomic E-state index is -4.97. The number of aromatic nitrogens is 1. The van der Waals surface area contributed by atoms with Gasteiger partial charge in [-0.15, -0.1) is 0 Å². The van der Waals surface area contributed by atoms with E-state index < -0.39 is 35.8 Å². The molecule has 31 heavy (non-hydrogen) atoms. The molecule has 166 valence electrons. The monoisotopic (exact) mass is 442 g/mol. The molecule has 0 saturated heterocycles. The molecule has 1 aliphatic heterocycles. The average Bonchev–Trinajstić information content (AvgIpc) is 3.06. The molecule has 1 aromatic heterocycles. The maximum atomic E-state index is 13.9. The van der Waals surface area contributed by atoms with Crippen LogP contribution in [0.5, 0.6) is 0 Å². The molecule has 0 fully saturated rings. The van der Waals surface area contributed by atoms with Crippen LogP contribution in [0.1, 0.15) is 36.4 Å². The topological polar surface area (TPSA) is 74.3 Å². The predicted octanol–water partition coefficient (Wildman–Crippen LogP) is 3.80. The third-order valence-corrected chi connectivity index (χ3v) is 5.01. The van der Waals surface area contributed by atoms with E-state index in [0.29, 0.717) is 5.69 Å². The first-order valence-corrected chi connectivity index (χ1v) is 9.40. The number of hydrogen-bond acceptors (Lipinski definition) is 3. The SMILES string of the molecule is CC(NC(=O)N1CC(CCNC(=O)C(F)(F)F)c2ccccc21)c1c(F)cncc1F. The second-order valence-electron chi connectivity index (χ2n) is 7.10. The lowest BCUT2D eigenvalue weighted by atomic mass is 9.98. The molecule has 3 rings (SSSR count). The van der Waals surface area contributed by atoms with Crippen molar-refractivity contribution in [1.29, 1.82) is 0 Å². The summed E-state index contributed by atoms with van der Waals surface area (Å²) in [4.78, 5) is 28.6. The number of benzene rings is 1. The van der Waals surface area contributed by atoms with Gasteiger partial charge in [-0.3, -0.25) is 14.7 Å². The zero-order valence-corrected chi connectivity index (χ0v) is 16.3. The summed E-state index contributed by atoms with van der Waals surface area (Å²) < 4.78 is 64.9. The van der Waals surface area contributed by atoms with Gasteiger partial charge in [-0.2, -0.15) is 13.2 Å². The van der Waals surface area contributed by atoms with E-state index in [-0.39, 0.29) is 31.0 Å². The average molecular weight is 442 g/mol. The maximum Gasteiger partial charge on any atom is 0.471 e. The Balaban J connectivity index is 1.69. The molecule has 0 radical (unpaired) electrons. The summed E-state index contributed by atoms with van der Waals surface area (Å²) in [5.41, 5.74) is 0.935. The van der Waals surface area contributed by atoms with E-state index in [4.69, 9.17) is 0 Å². The molecule has 1 aliphatic rings. The van der Waals surface area contributed by atoms with Crippen molar-refractivity contribution < 1.29 is 31.5 Å². The van der Waals surface area contributed by atoms with E-state index in [9.17, 15) is 31.5 Å². The Morgan fingerprint density at radius 1 is 1.19 bits per heavy atom. The smallest absolute Gasteiger partial charge is 0.348 e. The molecule has 0 bridgehead atoms. The summed E-state index contributed by atoms with van der Waals surface area (Å²) in [6.45, 7) is 1.34. The van der Waals surface area contributed by atoms with Crippen molar-refractivity contribution in [3.05, 3.63) is 59.4 Å². The Kier molecular flexibility index (Phi) is 6.42. The number of pyridine rings is 1. The third-order valence-electron chi connectivity index (χ3n) is 5.01. The van der Waals surface area contributed by atoms with Crippen molar-refractivity contribution in [2.24, 2.45) is 0 Å². The number of amides is 3. The summed E-state index contributed by atoms with van der Waals surface area (Å²) >= 11 is 0. The van der Waals surface area contributed by atoms with Crippen molar-refractivity contribution in [2.45, 2.75) is 31.5 Å². The maximum absolute atomic E-state index is 13.9. The molecule has 2 atom stereocenters. The highest BCUT2D eigenvalue weighted by atomic mass is 19.4. The third kappa shape index (κ3) is 4.92. The van der Waals surface area contributed by atoms with Crippen molar-refractivity contribution in [2.75, 3.05) is 18.0 Å². The van der Waals surface area contributed by atoms with Crippen LogP contribution in [0, 0.1) is 11.6 Å². The fourth-order valence-electron chi connectivity index (χ4n) is 3.57. The van der Waals surface area contributed by atoms with Crippen LogP contribution in [0.2, 0.25) is 0 Å². The Hall–Kier alpha value is -3.24. The zero-order valence-electron chi connectivity index (χ0n) is 16.3. The lowest BCUT2D eigenvalue weighted by Gasteiger charge is -2.22. The number of nitrogens with one attached hydrogen (secondary N) is 2. The number of para-hydroxylation sites is 1. The summed E-state index contributed by atoms with van der Waals surface area (Å²) in [5, 5.41) is 4.35. The summed E-state index contributed by atoms with van der Waals surface area (Å²) in [6.07, 6.45) is -3.10. The van der Waals surface area contributed by atoms with Gasteiger partial charge in [0.1, 0.15) is 11.6 Å². The first kappa shape index (κ1) is 22.4. The summed E-state index contributed by atoms with van der Waals surface area (Å²) in [6, 6.07) is 5.22. The van der Waals surface area contributed by atoms with Crippen LogP contribution in [0.3, 0.4) is 0 Å². The van der Waals surface area contributed by atoms with Crippen molar-refractivity contribution in [1.82, 2.24) is 15.6 Å². The van der Waals surface area contributed by atoms with E-state index in [2.05, 4.69) is 10.3 Å². The number of hydrogen-bond donors (Lipinski definition) is 2. The van der Waals surface area contributed by atoms with Gasteiger partial charge in [0.05, 0.1) is 18.4 Å². The van der Waals surface area contributed by atoms with Gasteiger partial charge in [0, 0.05) is 30.3 Å². The minimum Gasteiger partial charge on any atom is -0.348 e. The molecular formula is C20H19F5N4O2. The lowest BCUT2D eigenvalue weighted by molar-refractivity contribution is -0.173. The van der Waals surface area contributed by atoms with Crippen LogP contribution in [-0.2, 0) is 4.79 Å². The number of rotatable bonds is 5. The molecule has 0 spiro atoms. The van der Waals surface area contributed by atoms with Crippen molar-refractivity contribution >= 4 is 17.6 Å². The van der Waals surface area contributed by atoms with Gasteiger partial charge in [0.25, 0.3) is 0 Å². The van der Waals surface area contributed by atoms with Crippen LogP contribution in [0.15, 0.2) is 36.7 Å². The molecular weight excluding hydrogens is 423 g/mol. The highest BCUT2D eigenvalue weighted by Crippen LogP contribution is 2.38. The van der Waals surface area contributed by atoms with E-state index >= 15 is 0 Å². The standard InChI is InChI=1S/C20H19F5N4O2/c1-11(17-14(21)8-26-9-15(17)22)28-19(31)29-10-12(13-4-2-3-5-16(13)29)6-7-27-18(30)20(23,24)25/h2-5,8-9,11-12H,6-7,10H2,1H3,(H,27,30)(H,28,31). The van der Waals surface area contributed by atoms with Gasteiger partial charge in [0.15, 0.2) is 0 Å². The number of urea groups is 1. The molecule has 2 unspecified atom stereocenters. The number of carbonyl (C=O) groups excluding carboxylic acids is 2. The zero-order chi connectivity index (χ0) is 22.8. The van der Waals surface area contributed by atoms with Crippen molar-refractivity contribution in [3.8, 4) is 0 Å². The minimum absolute atomic E-state index is 0.140. The molecule has 2 N–H and O–H groups in total. The van der Waals surface area contributed by atoms with E-state index in [0.717, 1.165) is 18.0 Å². The normalized spacial score (nSPS) is 16.6. The van der Waals surface area contributed by atoms with Crippen LogP contribution >= 0.6 is 0 Å². The van der Waals surface area contributed by atoms with Crippen LogP contribution in [0.4, 0.5) is 32.4 Å². The Labute approximate surface area is 174 Å². The van der Waals surface area contributed by atoms with E-state index in [1.807, 2.05) is 5.32 Å². The Bertz CT molecular complexity index is 962. The molecule has 0 aliphatic carbocycles. The van der Waals surface area contributed by atoms with E-state index in [1.54, 1.807) is 24.3 Å². The van der Waals surface area contributed by atoms with Crippen molar-refractivity contribution in [3.63, 3.8) is 0 Å². The molecule has 6 nitrogen and oxygen atoms in total. The van der Waals surface area contributed by atoms with E-state index in [1.165, 1.54) is 11.8 Å². The largest absolute Gasteiger partial charge is 0.471 e. The molecule has 0 saturated carbocycles. The fourth-order valence-corrected chi connectivity index (χ4v) is 3.57. The lowest BCUT2D eigenvalue weighted by Crippen LogP contribution is -2.41. The molecule has 3 amide bonds. The van der Waals surface area contributed by atoms with Gasteiger partial charge < -0.3 is 10.6 Å². The van der Waals surface area contributed by atoms with Crippen LogP contribution < -0.4 is 15.5 Å². The highest BCUT2D eigenvalue weighted by Gasteiger charge is 2.39. The van der Waals surface area contributed by atoms with Gasteiger partial charge >= 0.3 is 18.1 Å². The number of halogens is 5. The number of fused-ring (bicyclic) bond motifs is 1. The predicted molar refractivity (Wildman–Crippen MR) is 101 cm³/mol. The van der Waals surface area contributed by atoms with Crippen LogP contribution in [0.25, 0.3) is 0 Å². The summed E-state index contributed by atoms with van der Waals surface area (Å²) in [5.74, 6) is -4.13. The second-order valence-corrected chi connectivity index (χ2v) is 7.10. The second kappa shape index (κ2) is 8.86. The number of alkyl halides is 3. The molecule has 11 heteroatoms. The summed E-state index contributed by atoms with van der Waals surface area (Å²) in [7, 11) is 0. The Morgan fingerprint density at radius 3 is 2.48 bits per heavy atom. The first-order chi connectivity index (χ1) is 14.6. The number of carbonyl (C=O) groups is 2. The van der Waals surface area contributed by atoms with Crippen LogP contribution in [-0.4, -0.2) is 36.2 Å². The number of nitrogens with zero attached hydrogens (tertiary/aromatic N) is 2. The molecule has 2 aromatic rings. The highest BCUT2D eigenvalue weighted by molar-refractivity contribution is 5.95. The van der Waals surface area contributed by atoms with Gasteiger partial charge in [-0.1, -0.05) is 18.2 Å². The molecule has 1 aromatic carbocycles. The fraction of sp³-hybridized carbons (Fsp3) is 0.350. The quantitative estimate of drug-likeness (QED) is 0.692. The molecule has 2 heterocycles. The van der Waals surface area contributed by atoms with Gasteiger partial charge in [-0.25, -0.2) is 13.6 Å². The van der Waals surface area contributed by atoms with Gasteiger partial charge in [0.2, 0.25) is 0 Å². The number of anilines is 1. The van der Waals surface area contributed by atoms with Gasteiger partial charge in [-0.05, 0) is 25.0 Å².